The summed E-state index contributed by atoms with van der Waals surface area (Å²) in [5, 5.41) is 4.23. The van der Waals surface area contributed by atoms with E-state index >= 15 is 0 Å². The topological polar surface area (TPSA) is 18.5 Å². The van der Waals surface area contributed by atoms with Gasteiger partial charge in [0, 0.05) is 19.6 Å². The van der Waals surface area contributed by atoms with Gasteiger partial charge in [0.1, 0.15) is 0 Å². The average Bonchev–Trinajstić information content (AvgIpc) is 2.59. The Morgan fingerprint density at radius 1 is 0.880 bits per heavy atom. The van der Waals surface area contributed by atoms with E-state index < -0.39 is 0 Å². The molecule has 25 heavy (non-hydrogen) atoms. The van der Waals surface area contributed by atoms with Crippen molar-refractivity contribution in [2.24, 2.45) is 0 Å². The lowest BCUT2D eigenvalue weighted by Crippen LogP contribution is -3.00. The first-order valence-electron chi connectivity index (χ1n) is 8.40. The van der Waals surface area contributed by atoms with Crippen LogP contribution < -0.4 is 22.3 Å². The Balaban J connectivity index is 0.00000312. The Morgan fingerprint density at radius 2 is 1.36 bits per heavy atom. The number of benzene rings is 2. The van der Waals surface area contributed by atoms with Crippen molar-refractivity contribution in [2.45, 2.75) is 19.5 Å². The summed E-state index contributed by atoms with van der Waals surface area (Å²) >= 11 is 5.65. The predicted octanol–water partition coefficient (Wildman–Crippen LogP) is 0.519. The summed E-state index contributed by atoms with van der Waals surface area (Å²) in [6.45, 7) is 3.59. The van der Waals surface area contributed by atoms with E-state index in [-0.39, 0.29) is 17.0 Å². The summed E-state index contributed by atoms with van der Waals surface area (Å²) in [7, 11) is 4.19. The van der Waals surface area contributed by atoms with E-state index in [2.05, 4.69) is 77.7 Å². The molecule has 0 unspecified atom stereocenters. The van der Waals surface area contributed by atoms with E-state index in [9.17, 15) is 0 Å². The van der Waals surface area contributed by atoms with Crippen molar-refractivity contribution in [2.75, 3.05) is 27.2 Å². The number of rotatable bonds is 8. The van der Waals surface area contributed by atoms with Crippen LogP contribution in [0.1, 0.15) is 17.5 Å². The van der Waals surface area contributed by atoms with Gasteiger partial charge in [0.05, 0.1) is 0 Å². The maximum absolute atomic E-state index is 5.65. The second-order valence-corrected chi connectivity index (χ2v) is 6.60. The van der Waals surface area contributed by atoms with Crippen LogP contribution in [0.2, 0.25) is 0 Å². The van der Waals surface area contributed by atoms with Crippen LogP contribution in [-0.4, -0.2) is 42.1 Å². The van der Waals surface area contributed by atoms with Gasteiger partial charge in [-0.1, -0.05) is 60.7 Å². The molecule has 0 bridgehead atoms. The van der Waals surface area contributed by atoms with Gasteiger partial charge in [-0.3, -0.25) is 0 Å². The molecule has 0 spiro atoms. The fraction of sp³-hybridized carbons (Fsp3) is 0.350. The summed E-state index contributed by atoms with van der Waals surface area (Å²) < 4.78 is 0. The summed E-state index contributed by atoms with van der Waals surface area (Å²) in [5.41, 5.74) is 2.54. The highest BCUT2D eigenvalue weighted by molar-refractivity contribution is 7.80. The number of hydrogen-bond acceptors (Lipinski definition) is 2. The molecule has 0 aliphatic carbocycles. The first-order chi connectivity index (χ1) is 11.6. The lowest BCUT2D eigenvalue weighted by molar-refractivity contribution is -0.00000497. The van der Waals surface area contributed by atoms with E-state index in [0.717, 1.165) is 37.7 Å². The third-order valence-electron chi connectivity index (χ3n) is 3.78. The molecule has 2 aromatic carbocycles. The highest BCUT2D eigenvalue weighted by Crippen LogP contribution is 2.10. The molecule has 0 fully saturated rings. The Morgan fingerprint density at radius 3 is 1.80 bits per heavy atom. The molecule has 0 heterocycles. The molecule has 0 saturated carbocycles. The quantitative estimate of drug-likeness (QED) is 0.495. The zero-order chi connectivity index (χ0) is 17.2. The molecule has 2 rings (SSSR count). The summed E-state index contributed by atoms with van der Waals surface area (Å²) in [4.78, 5) is 4.42. The van der Waals surface area contributed by atoms with Crippen LogP contribution in [0, 0.1) is 0 Å². The lowest BCUT2D eigenvalue weighted by Gasteiger charge is -2.26. The molecule has 136 valence electrons. The Kier molecular flexibility index (Phi) is 10.4. The van der Waals surface area contributed by atoms with Crippen LogP contribution in [-0.2, 0) is 13.1 Å². The van der Waals surface area contributed by atoms with Crippen molar-refractivity contribution in [3.05, 3.63) is 71.8 Å². The van der Waals surface area contributed by atoms with Crippen molar-refractivity contribution < 1.29 is 17.0 Å². The van der Waals surface area contributed by atoms with Crippen LogP contribution in [0.5, 0.6) is 0 Å². The maximum atomic E-state index is 5.65. The minimum atomic E-state index is 0. The number of nitrogens with zero attached hydrogens (tertiary/aromatic N) is 2. The van der Waals surface area contributed by atoms with E-state index in [1.807, 2.05) is 12.1 Å². The number of thiocarbonyl (C=S) groups is 1. The highest BCUT2D eigenvalue weighted by Gasteiger charge is 2.11. The summed E-state index contributed by atoms with van der Waals surface area (Å²) in [6, 6.07) is 21.0. The molecule has 5 heteroatoms. The zero-order valence-corrected chi connectivity index (χ0v) is 17.4. The van der Waals surface area contributed by atoms with Gasteiger partial charge in [-0.15, -0.1) is 0 Å². The number of hydrogen-bond donors (Lipinski definition) is 1. The predicted molar refractivity (Wildman–Crippen MR) is 106 cm³/mol. The first kappa shape index (κ1) is 21.6. The Bertz CT molecular complexity index is 563. The highest BCUT2D eigenvalue weighted by atomic mass is 79.9. The molecule has 0 atom stereocenters. The van der Waals surface area contributed by atoms with Gasteiger partial charge in [0.15, 0.2) is 5.11 Å². The van der Waals surface area contributed by atoms with E-state index in [1.54, 1.807) is 0 Å². The fourth-order valence-electron chi connectivity index (χ4n) is 2.51. The van der Waals surface area contributed by atoms with Crippen LogP contribution in [0.15, 0.2) is 60.7 Å². The van der Waals surface area contributed by atoms with Gasteiger partial charge < -0.3 is 32.1 Å². The van der Waals surface area contributed by atoms with Crippen LogP contribution in [0.3, 0.4) is 0 Å². The molecule has 0 aromatic heterocycles. The molecule has 0 aliphatic rings. The molecule has 0 radical (unpaired) electrons. The van der Waals surface area contributed by atoms with Crippen LogP contribution >= 0.6 is 12.2 Å². The second kappa shape index (κ2) is 12.0. The Hall–Kier alpha value is -1.43. The molecule has 1 N–H and O–H groups in total. The molecule has 0 amide bonds. The van der Waals surface area contributed by atoms with Crippen molar-refractivity contribution in [1.29, 1.82) is 0 Å². The second-order valence-electron chi connectivity index (χ2n) is 6.22. The summed E-state index contributed by atoms with van der Waals surface area (Å²) in [5.74, 6) is 0. The third-order valence-corrected chi connectivity index (χ3v) is 4.18. The maximum Gasteiger partial charge on any atom is 0.169 e. The first-order valence-corrected chi connectivity index (χ1v) is 8.81. The van der Waals surface area contributed by atoms with Crippen molar-refractivity contribution >= 4 is 17.3 Å². The largest absolute Gasteiger partial charge is 1.00 e. The van der Waals surface area contributed by atoms with Crippen molar-refractivity contribution in [1.82, 2.24) is 15.1 Å². The molecule has 3 nitrogen and oxygen atoms in total. The van der Waals surface area contributed by atoms with E-state index in [1.165, 1.54) is 11.1 Å². The SMILES string of the molecule is CN(C)CCCNC(=S)N(Cc1ccccc1)Cc1ccccc1.[Br-]. The molecule has 0 aliphatic heterocycles. The monoisotopic (exact) mass is 420 g/mol. The smallest absolute Gasteiger partial charge is 0.169 e. The molecular formula is C20H27BrN3S-. The van der Waals surface area contributed by atoms with Crippen molar-refractivity contribution in [3.8, 4) is 0 Å². The van der Waals surface area contributed by atoms with Crippen LogP contribution in [0.25, 0.3) is 0 Å². The van der Waals surface area contributed by atoms with E-state index in [4.69, 9.17) is 12.2 Å². The third kappa shape index (κ3) is 8.47. The minimum Gasteiger partial charge on any atom is -1.00 e. The average molecular weight is 421 g/mol. The normalized spacial score (nSPS) is 10.2. The standard InChI is InChI=1S/C20H27N3S.BrH/c1-22(2)15-9-14-21-20(24)23(16-18-10-5-3-6-11-18)17-19-12-7-4-8-13-19;/h3-8,10-13H,9,14-17H2,1-2H3,(H,21,24);1H/p-1. The number of nitrogens with one attached hydrogen (secondary N) is 1. The van der Waals surface area contributed by atoms with E-state index in [0.29, 0.717) is 0 Å². The van der Waals surface area contributed by atoms with Crippen molar-refractivity contribution in [3.63, 3.8) is 0 Å². The van der Waals surface area contributed by atoms with Gasteiger partial charge in [-0.2, -0.15) is 0 Å². The lowest BCUT2D eigenvalue weighted by atomic mass is 10.2. The molecule has 0 saturated heterocycles. The van der Waals surface area contributed by atoms with Crippen LogP contribution in [0.4, 0.5) is 0 Å². The zero-order valence-electron chi connectivity index (χ0n) is 15.0. The van der Waals surface area contributed by atoms with Gasteiger partial charge in [0.25, 0.3) is 0 Å². The number of halogens is 1. The van der Waals surface area contributed by atoms with Gasteiger partial charge in [0.2, 0.25) is 0 Å². The molecule has 2 aromatic rings. The summed E-state index contributed by atoms with van der Waals surface area (Å²) in [6.07, 6.45) is 1.08. The Labute approximate surface area is 167 Å². The van der Waals surface area contributed by atoms with Gasteiger partial charge in [-0.05, 0) is 50.4 Å². The minimum absolute atomic E-state index is 0. The molecular weight excluding hydrogens is 394 g/mol. The van der Waals surface area contributed by atoms with Gasteiger partial charge >= 0.3 is 0 Å². The fourth-order valence-corrected chi connectivity index (χ4v) is 2.74. The van der Waals surface area contributed by atoms with Gasteiger partial charge in [-0.25, -0.2) is 0 Å².